The predicted molar refractivity (Wildman–Crippen MR) is 111 cm³/mol. The van der Waals surface area contributed by atoms with E-state index < -0.39 is 0 Å². The van der Waals surface area contributed by atoms with Crippen LogP contribution in [-0.2, 0) is 20.8 Å². The minimum Gasteiger partial charge on any atom is -0.326 e. The van der Waals surface area contributed by atoms with Crippen molar-refractivity contribution < 1.29 is 14.4 Å². The van der Waals surface area contributed by atoms with Gasteiger partial charge in [-0.05, 0) is 55.2 Å². The number of nitrogens with zero attached hydrogens (tertiary/aromatic N) is 2. The first-order valence-electron chi connectivity index (χ1n) is 10.2. The normalized spacial score (nSPS) is 20.7. The zero-order valence-electron chi connectivity index (χ0n) is 16.1. The van der Waals surface area contributed by atoms with Gasteiger partial charge in [0.05, 0.1) is 5.92 Å². The van der Waals surface area contributed by atoms with E-state index in [2.05, 4.69) is 5.32 Å². The molecule has 2 heterocycles. The van der Waals surface area contributed by atoms with Crippen LogP contribution in [0.1, 0.15) is 24.8 Å². The van der Waals surface area contributed by atoms with Crippen molar-refractivity contribution in [2.45, 2.75) is 25.7 Å². The molecule has 0 radical (unpaired) electrons. The molecule has 29 heavy (non-hydrogen) atoms. The lowest BCUT2D eigenvalue weighted by molar-refractivity contribution is -0.122. The van der Waals surface area contributed by atoms with Crippen LogP contribution in [-0.4, -0.2) is 30.8 Å². The molecule has 2 aromatic carbocycles. The van der Waals surface area contributed by atoms with Crippen LogP contribution in [0.15, 0.2) is 48.5 Å². The van der Waals surface area contributed by atoms with E-state index in [1.165, 1.54) is 0 Å². The van der Waals surface area contributed by atoms with Crippen LogP contribution in [0.4, 0.5) is 17.1 Å². The van der Waals surface area contributed by atoms with Crippen molar-refractivity contribution in [1.29, 1.82) is 0 Å². The summed E-state index contributed by atoms with van der Waals surface area (Å²) in [5, 5.41) is 2.89. The lowest BCUT2D eigenvalue weighted by Gasteiger charge is -2.20. The number of carbonyl (C=O) groups is 3. The van der Waals surface area contributed by atoms with Crippen LogP contribution >= 0.6 is 0 Å². The minimum atomic E-state index is -0.371. The monoisotopic (exact) mass is 389 g/mol. The van der Waals surface area contributed by atoms with Crippen molar-refractivity contribution in [2.24, 2.45) is 11.8 Å². The molecule has 1 aliphatic carbocycles. The van der Waals surface area contributed by atoms with Gasteiger partial charge in [0.1, 0.15) is 0 Å². The second-order valence-corrected chi connectivity index (χ2v) is 8.09. The standard InChI is InChI=1S/C23H23N3O3/c27-21-13-17(22(28)24-18-4-2-1-3-5-18)14-26(21)19-8-9-20-16(12-19)10-11-25(20)23(29)15-6-7-15/h1-5,8-9,12,15,17H,6-7,10-11,13-14H2,(H,24,28)/t17-/m0/s1. The van der Waals surface area contributed by atoms with Gasteiger partial charge in [-0.3, -0.25) is 14.4 Å². The third kappa shape index (κ3) is 3.39. The number of hydrogen-bond acceptors (Lipinski definition) is 3. The molecule has 1 saturated heterocycles. The van der Waals surface area contributed by atoms with E-state index in [4.69, 9.17) is 0 Å². The molecular weight excluding hydrogens is 366 g/mol. The van der Waals surface area contributed by atoms with Gasteiger partial charge in [-0.25, -0.2) is 0 Å². The molecule has 0 aromatic heterocycles. The number of anilines is 3. The van der Waals surface area contributed by atoms with Gasteiger partial charge in [0, 0.05) is 42.5 Å². The van der Waals surface area contributed by atoms with Crippen LogP contribution in [0.25, 0.3) is 0 Å². The number of benzene rings is 2. The Morgan fingerprint density at radius 2 is 1.79 bits per heavy atom. The van der Waals surface area contributed by atoms with Crippen molar-refractivity contribution in [1.82, 2.24) is 0 Å². The Labute approximate surface area is 169 Å². The van der Waals surface area contributed by atoms with Crippen molar-refractivity contribution in [3.8, 4) is 0 Å². The summed E-state index contributed by atoms with van der Waals surface area (Å²) >= 11 is 0. The number of fused-ring (bicyclic) bond motifs is 1. The van der Waals surface area contributed by atoms with Gasteiger partial charge in [0.25, 0.3) is 0 Å². The largest absolute Gasteiger partial charge is 0.326 e. The van der Waals surface area contributed by atoms with Gasteiger partial charge >= 0.3 is 0 Å². The number of rotatable bonds is 4. The molecule has 2 fully saturated rings. The smallest absolute Gasteiger partial charge is 0.230 e. The first-order chi connectivity index (χ1) is 14.1. The van der Waals surface area contributed by atoms with E-state index in [9.17, 15) is 14.4 Å². The summed E-state index contributed by atoms with van der Waals surface area (Å²) in [6.07, 6.45) is 3.01. The van der Waals surface area contributed by atoms with Gasteiger partial charge < -0.3 is 15.1 Å². The fourth-order valence-corrected chi connectivity index (χ4v) is 4.23. The number of nitrogens with one attached hydrogen (secondary N) is 1. The molecule has 1 atom stereocenters. The summed E-state index contributed by atoms with van der Waals surface area (Å²) in [5.41, 5.74) is 3.61. The maximum absolute atomic E-state index is 12.6. The fourth-order valence-electron chi connectivity index (χ4n) is 4.23. The number of amides is 3. The average Bonchev–Trinajstić information content (AvgIpc) is 3.38. The first kappa shape index (κ1) is 17.9. The fraction of sp³-hybridized carbons (Fsp3) is 0.348. The van der Waals surface area contributed by atoms with E-state index in [1.54, 1.807) is 4.90 Å². The zero-order chi connectivity index (χ0) is 20.0. The van der Waals surface area contributed by atoms with Gasteiger partial charge in [-0.2, -0.15) is 0 Å². The summed E-state index contributed by atoms with van der Waals surface area (Å²) < 4.78 is 0. The second kappa shape index (κ2) is 7.03. The lowest BCUT2D eigenvalue weighted by Crippen LogP contribution is -2.30. The number of hydrogen-bond donors (Lipinski definition) is 1. The maximum Gasteiger partial charge on any atom is 0.230 e. The number of para-hydroxylation sites is 1. The zero-order valence-corrected chi connectivity index (χ0v) is 16.1. The number of carbonyl (C=O) groups excluding carboxylic acids is 3. The van der Waals surface area contributed by atoms with E-state index in [0.29, 0.717) is 13.1 Å². The summed E-state index contributed by atoms with van der Waals surface area (Å²) in [4.78, 5) is 41.2. The Bertz CT molecular complexity index is 984. The predicted octanol–water partition coefficient (Wildman–Crippen LogP) is 2.98. The van der Waals surface area contributed by atoms with Crippen LogP contribution in [0.5, 0.6) is 0 Å². The van der Waals surface area contributed by atoms with Gasteiger partial charge in [-0.15, -0.1) is 0 Å². The topological polar surface area (TPSA) is 69.7 Å². The van der Waals surface area contributed by atoms with Crippen LogP contribution in [0.3, 0.4) is 0 Å². The van der Waals surface area contributed by atoms with Crippen LogP contribution in [0.2, 0.25) is 0 Å². The first-order valence-corrected chi connectivity index (χ1v) is 10.2. The molecule has 2 aliphatic heterocycles. The molecule has 0 spiro atoms. The van der Waals surface area contributed by atoms with Crippen molar-refractivity contribution in [3.05, 3.63) is 54.1 Å². The van der Waals surface area contributed by atoms with Gasteiger partial charge in [-0.1, -0.05) is 18.2 Å². The third-order valence-corrected chi connectivity index (χ3v) is 6.00. The quantitative estimate of drug-likeness (QED) is 0.874. The molecule has 0 unspecified atom stereocenters. The molecular formula is C23H23N3O3. The highest BCUT2D eigenvalue weighted by Crippen LogP contribution is 2.38. The Hall–Kier alpha value is -3.15. The molecule has 148 valence electrons. The highest BCUT2D eigenvalue weighted by atomic mass is 16.2. The molecule has 1 saturated carbocycles. The Morgan fingerprint density at radius 1 is 1.00 bits per heavy atom. The Kier molecular flexibility index (Phi) is 4.34. The Morgan fingerprint density at radius 3 is 2.55 bits per heavy atom. The molecule has 6 heteroatoms. The molecule has 5 rings (SSSR count). The molecule has 6 nitrogen and oxygen atoms in total. The maximum atomic E-state index is 12.6. The van der Waals surface area contributed by atoms with Crippen LogP contribution in [0, 0.1) is 11.8 Å². The van der Waals surface area contributed by atoms with E-state index >= 15 is 0 Å². The van der Waals surface area contributed by atoms with Gasteiger partial charge in [0.15, 0.2) is 0 Å². The van der Waals surface area contributed by atoms with Gasteiger partial charge in [0.2, 0.25) is 17.7 Å². The summed E-state index contributed by atoms with van der Waals surface area (Å²) in [6, 6.07) is 15.1. The van der Waals surface area contributed by atoms with Crippen LogP contribution < -0.4 is 15.1 Å². The minimum absolute atomic E-state index is 0.0397. The van der Waals surface area contributed by atoms with E-state index in [0.717, 1.165) is 41.9 Å². The summed E-state index contributed by atoms with van der Waals surface area (Å²) in [6.45, 7) is 1.09. The van der Waals surface area contributed by atoms with Crippen molar-refractivity contribution in [3.63, 3.8) is 0 Å². The SMILES string of the molecule is O=C(Nc1ccccc1)[C@H]1CC(=O)N(c2ccc3c(c2)CCN3C(=O)C2CC2)C1. The van der Waals surface area contributed by atoms with Crippen molar-refractivity contribution >= 4 is 34.8 Å². The average molecular weight is 389 g/mol. The molecule has 3 amide bonds. The summed E-state index contributed by atoms with van der Waals surface area (Å²) in [7, 11) is 0. The lowest BCUT2D eigenvalue weighted by atomic mass is 10.1. The molecule has 2 aromatic rings. The van der Waals surface area contributed by atoms with E-state index in [-0.39, 0.29) is 36.0 Å². The third-order valence-electron chi connectivity index (χ3n) is 6.00. The molecule has 0 bridgehead atoms. The van der Waals surface area contributed by atoms with Crippen molar-refractivity contribution in [2.75, 3.05) is 28.2 Å². The molecule has 1 N–H and O–H groups in total. The Balaban J connectivity index is 1.29. The molecule has 3 aliphatic rings. The van der Waals surface area contributed by atoms with E-state index in [1.807, 2.05) is 53.4 Å². The second-order valence-electron chi connectivity index (χ2n) is 8.09. The highest BCUT2D eigenvalue weighted by Gasteiger charge is 2.38. The summed E-state index contributed by atoms with van der Waals surface area (Å²) in [5.74, 6) is -0.114. The highest BCUT2D eigenvalue weighted by molar-refractivity contribution is 6.04.